The molecule has 178 valence electrons. The van der Waals surface area contributed by atoms with E-state index in [1.54, 1.807) is 25.0 Å². The Hall–Kier alpha value is -3.82. The molecule has 1 aliphatic rings. The van der Waals surface area contributed by atoms with Gasteiger partial charge < -0.3 is 10.0 Å². The van der Waals surface area contributed by atoms with Crippen LogP contribution >= 0.6 is 11.6 Å². The highest BCUT2D eigenvalue weighted by molar-refractivity contribution is 6.30. The Morgan fingerprint density at radius 1 is 1.09 bits per heavy atom. The number of nitrogens with zero attached hydrogens (tertiary/aromatic N) is 7. The number of aliphatic hydroxyl groups is 1. The van der Waals surface area contributed by atoms with Crippen LogP contribution in [0.1, 0.15) is 28.8 Å². The summed E-state index contributed by atoms with van der Waals surface area (Å²) in [5.74, 6) is 1.25. The van der Waals surface area contributed by atoms with Crippen LogP contribution in [0, 0.1) is 6.92 Å². The van der Waals surface area contributed by atoms with Crippen molar-refractivity contribution in [2.75, 3.05) is 20.7 Å². The van der Waals surface area contributed by atoms with Crippen LogP contribution < -0.4 is 0 Å². The molecule has 0 saturated heterocycles. The molecule has 9 nitrogen and oxygen atoms in total. The fourth-order valence-electron chi connectivity index (χ4n) is 4.11. The number of likely N-dealkylation sites (N-methyl/N-ethyl adjacent to an activating group) is 1. The molecule has 5 rings (SSSR count). The summed E-state index contributed by atoms with van der Waals surface area (Å²) in [7, 11) is 3.44. The van der Waals surface area contributed by atoms with Gasteiger partial charge in [-0.05, 0) is 36.8 Å². The van der Waals surface area contributed by atoms with E-state index in [0.29, 0.717) is 16.7 Å². The second-order valence-electron chi connectivity index (χ2n) is 8.57. The van der Waals surface area contributed by atoms with Gasteiger partial charge in [0, 0.05) is 42.0 Å². The number of aliphatic hydroxyl groups excluding tert-OH is 1. The lowest BCUT2D eigenvalue weighted by molar-refractivity contribution is -0.129. The minimum atomic E-state index is -0.572. The molecule has 1 unspecified atom stereocenters. The zero-order valence-corrected chi connectivity index (χ0v) is 20.3. The van der Waals surface area contributed by atoms with E-state index in [1.807, 2.05) is 60.2 Å². The third-order valence-corrected chi connectivity index (χ3v) is 6.23. The number of amides is 1. The number of hydrogen-bond acceptors (Lipinski definition) is 6. The number of aliphatic imine (C=N–C) groups is 1. The number of halogens is 1. The largest absolute Gasteiger partial charge is 0.394 e. The summed E-state index contributed by atoms with van der Waals surface area (Å²) in [5.41, 5.74) is 5.11. The van der Waals surface area contributed by atoms with Crippen molar-refractivity contribution < 1.29 is 9.90 Å². The van der Waals surface area contributed by atoms with Crippen molar-refractivity contribution in [3.8, 4) is 16.8 Å². The van der Waals surface area contributed by atoms with Crippen LogP contribution in [0.4, 0.5) is 0 Å². The summed E-state index contributed by atoms with van der Waals surface area (Å²) >= 11 is 6.14. The number of carbonyl (C=O) groups is 1. The molecule has 2 aromatic heterocycles. The maximum absolute atomic E-state index is 12.1. The number of rotatable bonds is 5. The molecule has 35 heavy (non-hydrogen) atoms. The number of carbonyl (C=O) groups excluding carboxylic acids is 1. The summed E-state index contributed by atoms with van der Waals surface area (Å²) in [6.45, 7) is 1.83. The molecule has 1 aliphatic heterocycles. The highest BCUT2D eigenvalue weighted by Crippen LogP contribution is 2.33. The molecular formula is C25H24ClN7O2. The van der Waals surface area contributed by atoms with Crippen molar-refractivity contribution in [1.29, 1.82) is 0 Å². The Morgan fingerprint density at radius 3 is 2.54 bits per heavy atom. The smallest absolute Gasteiger partial charge is 0.243 e. The van der Waals surface area contributed by atoms with Gasteiger partial charge in [-0.1, -0.05) is 29.8 Å². The quantitative estimate of drug-likeness (QED) is 0.464. The topological polar surface area (TPSA) is 101 Å². The van der Waals surface area contributed by atoms with Gasteiger partial charge in [-0.15, -0.1) is 10.2 Å². The molecule has 0 saturated carbocycles. The Bertz CT molecular complexity index is 1440. The van der Waals surface area contributed by atoms with E-state index in [-0.39, 0.29) is 19.1 Å². The van der Waals surface area contributed by atoms with Crippen LogP contribution in [-0.4, -0.2) is 66.9 Å². The van der Waals surface area contributed by atoms with Crippen molar-refractivity contribution in [2.45, 2.75) is 19.5 Å². The predicted molar refractivity (Wildman–Crippen MR) is 133 cm³/mol. The molecule has 1 N–H and O–H groups in total. The molecule has 0 bridgehead atoms. The third-order valence-electron chi connectivity index (χ3n) is 5.98. The van der Waals surface area contributed by atoms with E-state index in [0.717, 1.165) is 33.7 Å². The lowest BCUT2D eigenvalue weighted by Gasteiger charge is -2.14. The fraction of sp³-hybridized carbons (Fsp3) is 0.240. The van der Waals surface area contributed by atoms with E-state index < -0.39 is 6.04 Å². The molecule has 2 aromatic carbocycles. The van der Waals surface area contributed by atoms with Gasteiger partial charge in [0.25, 0.3) is 0 Å². The standard InChI is InChI=1S/C25H24ClN7O2/c1-15-29-30-25-21(14-34)28-24(16-4-7-19(26)8-5-16)20-10-17(6-9-22(20)33(15)25)18-11-27-32(12-18)13-23(35)31(2)3/h4-12,21,34H,13-14H2,1-3H3. The van der Waals surface area contributed by atoms with Crippen LogP contribution in [0.5, 0.6) is 0 Å². The molecule has 1 atom stereocenters. The second kappa shape index (κ2) is 9.09. The Balaban J connectivity index is 1.66. The molecule has 3 heterocycles. The van der Waals surface area contributed by atoms with E-state index in [2.05, 4.69) is 15.3 Å². The van der Waals surface area contributed by atoms with Crippen LogP contribution in [0.3, 0.4) is 0 Å². The van der Waals surface area contributed by atoms with E-state index in [1.165, 1.54) is 4.90 Å². The molecular weight excluding hydrogens is 466 g/mol. The van der Waals surface area contributed by atoms with Gasteiger partial charge in [-0.25, -0.2) is 0 Å². The Morgan fingerprint density at radius 2 is 1.83 bits per heavy atom. The maximum Gasteiger partial charge on any atom is 0.243 e. The predicted octanol–water partition coefficient (Wildman–Crippen LogP) is 3.07. The average Bonchev–Trinajstić information content (AvgIpc) is 3.43. The van der Waals surface area contributed by atoms with Crippen LogP contribution in [0.25, 0.3) is 16.8 Å². The van der Waals surface area contributed by atoms with E-state index in [9.17, 15) is 9.90 Å². The number of hydrogen-bond donors (Lipinski definition) is 1. The summed E-state index contributed by atoms with van der Waals surface area (Å²) in [6, 6.07) is 12.9. The summed E-state index contributed by atoms with van der Waals surface area (Å²) in [6.07, 6.45) is 3.59. The van der Waals surface area contributed by atoms with Crippen LogP contribution in [-0.2, 0) is 11.3 Å². The summed E-state index contributed by atoms with van der Waals surface area (Å²) < 4.78 is 3.56. The molecule has 4 aromatic rings. The first-order valence-electron chi connectivity index (χ1n) is 11.1. The van der Waals surface area contributed by atoms with Gasteiger partial charge in [0.1, 0.15) is 18.4 Å². The normalized spacial score (nSPS) is 14.7. The summed E-state index contributed by atoms with van der Waals surface area (Å²) in [5, 5.41) is 23.7. The molecule has 0 aliphatic carbocycles. The first-order chi connectivity index (χ1) is 16.9. The summed E-state index contributed by atoms with van der Waals surface area (Å²) in [4.78, 5) is 18.6. The number of benzene rings is 2. The zero-order chi connectivity index (χ0) is 24.7. The lowest BCUT2D eigenvalue weighted by Crippen LogP contribution is -2.26. The highest BCUT2D eigenvalue weighted by Gasteiger charge is 2.28. The number of aryl methyl sites for hydroxylation is 1. The second-order valence-corrected chi connectivity index (χ2v) is 9.01. The van der Waals surface area contributed by atoms with Crippen molar-refractivity contribution in [2.24, 2.45) is 4.99 Å². The highest BCUT2D eigenvalue weighted by atomic mass is 35.5. The zero-order valence-electron chi connectivity index (χ0n) is 19.6. The Labute approximate surface area is 207 Å². The minimum absolute atomic E-state index is 0.0376. The molecule has 0 spiro atoms. The van der Waals surface area contributed by atoms with Crippen molar-refractivity contribution in [3.05, 3.63) is 82.7 Å². The molecule has 0 fully saturated rings. The number of fused-ring (bicyclic) bond motifs is 3. The third kappa shape index (κ3) is 4.24. The van der Waals surface area contributed by atoms with Gasteiger partial charge >= 0.3 is 0 Å². The van der Waals surface area contributed by atoms with Crippen molar-refractivity contribution >= 4 is 23.2 Å². The van der Waals surface area contributed by atoms with Gasteiger partial charge in [0.15, 0.2) is 5.82 Å². The van der Waals surface area contributed by atoms with Crippen LogP contribution in [0.2, 0.25) is 5.02 Å². The van der Waals surface area contributed by atoms with Crippen LogP contribution in [0.15, 0.2) is 59.9 Å². The molecule has 1 amide bonds. The molecule has 0 radical (unpaired) electrons. The van der Waals surface area contributed by atoms with Gasteiger partial charge in [-0.2, -0.15) is 5.10 Å². The lowest BCUT2D eigenvalue weighted by atomic mass is 9.96. The van der Waals surface area contributed by atoms with Crippen molar-refractivity contribution in [1.82, 2.24) is 29.4 Å². The minimum Gasteiger partial charge on any atom is -0.394 e. The maximum atomic E-state index is 12.1. The fourth-order valence-corrected chi connectivity index (χ4v) is 4.24. The average molecular weight is 490 g/mol. The molecule has 10 heteroatoms. The van der Waals surface area contributed by atoms with Gasteiger partial charge in [-0.3, -0.25) is 19.0 Å². The number of aromatic nitrogens is 5. The van der Waals surface area contributed by atoms with Crippen molar-refractivity contribution in [3.63, 3.8) is 0 Å². The SMILES string of the molecule is Cc1nnc2n1-c1ccc(-c3cnn(CC(=O)N(C)C)c3)cc1C(c1ccc(Cl)cc1)=NC2CO. The first-order valence-corrected chi connectivity index (χ1v) is 11.5. The Kier molecular flexibility index (Phi) is 5.96. The first kappa shape index (κ1) is 22.9. The van der Waals surface area contributed by atoms with Gasteiger partial charge in [0.2, 0.25) is 5.91 Å². The monoisotopic (exact) mass is 489 g/mol. The van der Waals surface area contributed by atoms with E-state index >= 15 is 0 Å². The van der Waals surface area contributed by atoms with Gasteiger partial charge in [0.05, 0.1) is 24.2 Å². The van der Waals surface area contributed by atoms with E-state index in [4.69, 9.17) is 16.6 Å².